The van der Waals surface area contributed by atoms with Gasteiger partial charge < -0.3 is 0 Å². The van der Waals surface area contributed by atoms with Crippen LogP contribution in [0.5, 0.6) is 0 Å². The molecule has 1 heteroatoms. The molecule has 0 aromatic carbocycles. The summed E-state index contributed by atoms with van der Waals surface area (Å²) in [5.74, 6) is 3.32. The van der Waals surface area contributed by atoms with E-state index in [1.165, 1.54) is 82.6 Å². The lowest BCUT2D eigenvalue weighted by Crippen LogP contribution is -2.20. The molecule has 0 radical (unpaired) electrons. The van der Waals surface area contributed by atoms with Gasteiger partial charge in [0, 0.05) is 12.8 Å². The molecule has 0 bridgehead atoms. The number of Topliss-reactive ketones (excluding diaryl/α,β-unsaturated/α-hetero) is 1. The van der Waals surface area contributed by atoms with Crippen LogP contribution in [0.15, 0.2) is 12.2 Å². The molecule has 0 spiro atoms. The van der Waals surface area contributed by atoms with Gasteiger partial charge in [-0.1, -0.05) is 110 Å². The van der Waals surface area contributed by atoms with Crippen LogP contribution in [0, 0.1) is 17.8 Å². The minimum atomic E-state index is 0.493. The minimum Gasteiger partial charge on any atom is -0.300 e. The van der Waals surface area contributed by atoms with E-state index in [1.807, 2.05) is 13.8 Å². The smallest absolute Gasteiger partial charge is 0.132 e. The Morgan fingerprint density at radius 1 is 0.767 bits per heavy atom. The molecule has 2 atom stereocenters. The molecular weight excluding hydrogens is 364 g/mol. The third-order valence-electron chi connectivity index (χ3n) is 7.13. The first-order valence-electron chi connectivity index (χ1n) is 13.7. The summed E-state index contributed by atoms with van der Waals surface area (Å²) in [6.07, 6.45) is 23.2. The van der Waals surface area contributed by atoms with Crippen molar-refractivity contribution in [2.45, 2.75) is 150 Å². The minimum absolute atomic E-state index is 0.493. The van der Waals surface area contributed by atoms with Crippen molar-refractivity contribution in [1.82, 2.24) is 0 Å². The molecule has 2 rings (SSSR count). The lowest BCUT2D eigenvalue weighted by atomic mass is 9.74. The Balaban J connectivity index is 0.000000696. The fourth-order valence-corrected chi connectivity index (χ4v) is 5.23. The Bertz CT molecular complexity index is 403. The molecule has 2 aliphatic rings. The van der Waals surface area contributed by atoms with Gasteiger partial charge >= 0.3 is 0 Å². The van der Waals surface area contributed by atoms with E-state index in [0.29, 0.717) is 5.78 Å². The van der Waals surface area contributed by atoms with Gasteiger partial charge in [-0.3, -0.25) is 4.79 Å². The van der Waals surface area contributed by atoms with Crippen molar-refractivity contribution in [3.05, 3.63) is 12.2 Å². The van der Waals surface area contributed by atoms with Gasteiger partial charge in [0.2, 0.25) is 0 Å². The van der Waals surface area contributed by atoms with Crippen LogP contribution in [0.1, 0.15) is 150 Å². The molecule has 0 aromatic heterocycles. The van der Waals surface area contributed by atoms with Crippen molar-refractivity contribution < 1.29 is 4.79 Å². The number of ketones is 1. The van der Waals surface area contributed by atoms with Gasteiger partial charge in [0.05, 0.1) is 0 Å². The van der Waals surface area contributed by atoms with Crippen LogP contribution < -0.4 is 0 Å². The van der Waals surface area contributed by atoms with Gasteiger partial charge in [-0.2, -0.15) is 0 Å². The Morgan fingerprint density at radius 2 is 1.30 bits per heavy atom. The summed E-state index contributed by atoms with van der Waals surface area (Å²) in [6, 6.07) is 0. The molecule has 0 aliphatic heterocycles. The lowest BCUT2D eigenvalue weighted by Gasteiger charge is -2.31. The second kappa shape index (κ2) is 20.3. The fourth-order valence-electron chi connectivity index (χ4n) is 5.23. The van der Waals surface area contributed by atoms with Gasteiger partial charge in [-0.15, -0.1) is 6.58 Å². The molecule has 0 amide bonds. The molecule has 30 heavy (non-hydrogen) atoms. The van der Waals surface area contributed by atoms with Gasteiger partial charge in [-0.25, -0.2) is 0 Å². The molecular formula is C29H56O. The van der Waals surface area contributed by atoms with Crippen LogP contribution >= 0.6 is 0 Å². The molecule has 2 saturated carbocycles. The fraction of sp³-hybridized carbons (Fsp3) is 0.897. The SMILES string of the molecule is C=C(C)CCCCC(=O)CCC1CCCCC1CCC.CC.CCC1CCCCC1. The second-order valence-electron chi connectivity index (χ2n) is 9.75. The third-order valence-corrected chi connectivity index (χ3v) is 7.13. The largest absolute Gasteiger partial charge is 0.300 e. The Labute approximate surface area is 190 Å². The third kappa shape index (κ3) is 15.2. The number of hydrogen-bond donors (Lipinski definition) is 0. The average molecular weight is 421 g/mol. The van der Waals surface area contributed by atoms with Gasteiger partial charge in [0.1, 0.15) is 5.78 Å². The summed E-state index contributed by atoms with van der Waals surface area (Å²) in [6.45, 7) is 14.6. The van der Waals surface area contributed by atoms with Crippen molar-refractivity contribution in [3.63, 3.8) is 0 Å². The molecule has 1 nitrogen and oxygen atoms in total. The summed E-state index contributed by atoms with van der Waals surface area (Å²) in [7, 11) is 0. The predicted molar refractivity (Wildman–Crippen MR) is 136 cm³/mol. The van der Waals surface area contributed by atoms with Crippen LogP contribution in [0.25, 0.3) is 0 Å². The van der Waals surface area contributed by atoms with Crippen LogP contribution in [-0.2, 0) is 4.79 Å². The van der Waals surface area contributed by atoms with E-state index in [9.17, 15) is 4.79 Å². The average Bonchev–Trinajstić information content (AvgIpc) is 2.78. The van der Waals surface area contributed by atoms with Gasteiger partial charge in [0.15, 0.2) is 0 Å². The second-order valence-corrected chi connectivity index (χ2v) is 9.75. The molecule has 0 saturated heterocycles. The Kier molecular flexibility index (Phi) is 19.9. The van der Waals surface area contributed by atoms with Crippen molar-refractivity contribution in [2.24, 2.45) is 17.8 Å². The number of unbranched alkanes of at least 4 members (excludes halogenated alkanes) is 1. The zero-order valence-electron chi connectivity index (χ0n) is 21.6. The molecule has 0 heterocycles. The van der Waals surface area contributed by atoms with Crippen LogP contribution in [-0.4, -0.2) is 5.78 Å². The van der Waals surface area contributed by atoms with E-state index in [4.69, 9.17) is 0 Å². The standard InChI is InChI=1S/C19H34O.C8H16.C2H6/c1-4-9-17-11-6-7-12-18(17)14-15-19(20)13-8-5-10-16(2)3;1-2-8-6-4-3-5-7-8;1-2/h17-18H,2,4-15H2,1,3H3;8H,2-7H2,1H3;1-2H3. The Hall–Kier alpha value is -0.590. The monoisotopic (exact) mass is 420 g/mol. The maximum Gasteiger partial charge on any atom is 0.132 e. The molecule has 0 aromatic rings. The van der Waals surface area contributed by atoms with E-state index in [0.717, 1.165) is 56.3 Å². The highest BCUT2D eigenvalue weighted by molar-refractivity contribution is 5.78. The quantitative estimate of drug-likeness (QED) is 0.240. The number of rotatable bonds is 11. The van der Waals surface area contributed by atoms with Crippen LogP contribution in [0.2, 0.25) is 0 Å². The number of carbonyl (C=O) groups excluding carboxylic acids is 1. The first-order valence-corrected chi connectivity index (χ1v) is 13.7. The van der Waals surface area contributed by atoms with Crippen molar-refractivity contribution >= 4 is 5.78 Å². The first-order chi connectivity index (χ1) is 14.6. The van der Waals surface area contributed by atoms with E-state index in [2.05, 4.69) is 27.4 Å². The van der Waals surface area contributed by atoms with Crippen molar-refractivity contribution in [1.29, 1.82) is 0 Å². The molecule has 2 unspecified atom stereocenters. The van der Waals surface area contributed by atoms with Gasteiger partial charge in [-0.05, 0) is 50.4 Å². The molecule has 2 fully saturated rings. The maximum atomic E-state index is 12.0. The van der Waals surface area contributed by atoms with E-state index < -0.39 is 0 Å². The summed E-state index contributed by atoms with van der Waals surface area (Å²) < 4.78 is 0. The summed E-state index contributed by atoms with van der Waals surface area (Å²) in [5.41, 5.74) is 1.24. The highest BCUT2D eigenvalue weighted by Gasteiger charge is 2.24. The number of allylic oxidation sites excluding steroid dienone is 1. The first kappa shape index (κ1) is 29.4. The highest BCUT2D eigenvalue weighted by atomic mass is 16.1. The lowest BCUT2D eigenvalue weighted by molar-refractivity contribution is -0.119. The zero-order chi connectivity index (χ0) is 22.6. The van der Waals surface area contributed by atoms with Crippen LogP contribution in [0.3, 0.4) is 0 Å². The topological polar surface area (TPSA) is 17.1 Å². The summed E-state index contributed by atoms with van der Waals surface area (Å²) in [4.78, 5) is 12.0. The zero-order valence-corrected chi connectivity index (χ0v) is 21.6. The summed E-state index contributed by atoms with van der Waals surface area (Å²) in [5, 5.41) is 0. The molecule has 2 aliphatic carbocycles. The predicted octanol–water partition coefficient (Wildman–Crippen LogP) is 10.1. The summed E-state index contributed by atoms with van der Waals surface area (Å²) >= 11 is 0. The van der Waals surface area contributed by atoms with E-state index in [-0.39, 0.29) is 0 Å². The van der Waals surface area contributed by atoms with E-state index >= 15 is 0 Å². The van der Waals surface area contributed by atoms with Gasteiger partial charge in [0.25, 0.3) is 0 Å². The molecule has 0 N–H and O–H groups in total. The van der Waals surface area contributed by atoms with Crippen LogP contribution in [0.4, 0.5) is 0 Å². The Morgan fingerprint density at radius 3 is 1.80 bits per heavy atom. The number of hydrogen-bond acceptors (Lipinski definition) is 1. The normalized spacial score (nSPS) is 21.6. The van der Waals surface area contributed by atoms with E-state index in [1.54, 1.807) is 0 Å². The van der Waals surface area contributed by atoms with Crippen molar-refractivity contribution in [2.75, 3.05) is 0 Å². The van der Waals surface area contributed by atoms with Crippen molar-refractivity contribution in [3.8, 4) is 0 Å². The molecule has 178 valence electrons. The highest BCUT2D eigenvalue weighted by Crippen LogP contribution is 2.36. The number of carbonyl (C=O) groups is 1. The maximum absolute atomic E-state index is 12.0.